The molecular formula is C15H20F2N2O3. The van der Waals surface area contributed by atoms with Crippen molar-refractivity contribution >= 4 is 11.7 Å². The summed E-state index contributed by atoms with van der Waals surface area (Å²) in [5.74, 6) is 0.462. The Morgan fingerprint density at radius 1 is 1.45 bits per heavy atom. The minimum Gasteiger partial charge on any atom is -0.485 e. The lowest BCUT2D eigenvalue weighted by molar-refractivity contribution is 0.0822. The number of anilines is 1. The lowest BCUT2D eigenvalue weighted by atomic mass is 10.2. The molecule has 122 valence electrons. The van der Waals surface area contributed by atoms with Crippen LogP contribution >= 0.6 is 0 Å². The molecule has 22 heavy (non-hydrogen) atoms. The van der Waals surface area contributed by atoms with E-state index in [9.17, 15) is 18.7 Å². The molecule has 7 heteroatoms. The van der Waals surface area contributed by atoms with Crippen molar-refractivity contribution in [3.05, 3.63) is 24.3 Å². The largest absolute Gasteiger partial charge is 0.485 e. The van der Waals surface area contributed by atoms with Crippen LogP contribution in [0.2, 0.25) is 0 Å². The molecule has 1 aromatic rings. The number of aliphatic hydroxyl groups excluding tert-OH is 1. The molecule has 5 nitrogen and oxygen atoms in total. The minimum absolute atomic E-state index is 0.187. The number of ether oxygens (including phenoxy) is 1. The molecule has 0 aliphatic heterocycles. The summed E-state index contributed by atoms with van der Waals surface area (Å²) in [6.07, 6.45) is -1.14. The summed E-state index contributed by atoms with van der Waals surface area (Å²) in [5, 5.41) is 12.4. The molecule has 1 atom stereocenters. The standard InChI is InChI=1S/C15H20F2N2O3/c1-19(8-12(20)10-6-7-10)15(21)18-11-4-2-3-5-13(11)22-9-14(16)17/h2-5,10,12,14,20H,6-9H2,1H3,(H,18,21). The van der Waals surface area contributed by atoms with E-state index < -0.39 is 25.2 Å². The molecule has 0 aromatic heterocycles. The Kier molecular flexibility index (Phi) is 5.54. The smallest absolute Gasteiger partial charge is 0.321 e. The van der Waals surface area contributed by atoms with Gasteiger partial charge in [0.05, 0.1) is 11.8 Å². The monoisotopic (exact) mass is 314 g/mol. The summed E-state index contributed by atoms with van der Waals surface area (Å²) >= 11 is 0. The average Bonchev–Trinajstić information content (AvgIpc) is 3.30. The maximum Gasteiger partial charge on any atom is 0.321 e. The van der Waals surface area contributed by atoms with Crippen molar-refractivity contribution < 1.29 is 23.4 Å². The Hall–Kier alpha value is -1.89. The van der Waals surface area contributed by atoms with Gasteiger partial charge in [-0.25, -0.2) is 13.6 Å². The maximum atomic E-state index is 12.2. The highest BCUT2D eigenvalue weighted by Gasteiger charge is 2.31. The van der Waals surface area contributed by atoms with Gasteiger partial charge in [0, 0.05) is 13.6 Å². The Morgan fingerprint density at radius 2 is 2.14 bits per heavy atom. The zero-order chi connectivity index (χ0) is 16.1. The molecule has 0 spiro atoms. The maximum absolute atomic E-state index is 12.2. The number of nitrogens with zero attached hydrogens (tertiary/aromatic N) is 1. The van der Waals surface area contributed by atoms with Crippen molar-refractivity contribution in [2.75, 3.05) is 25.5 Å². The third kappa shape index (κ3) is 4.84. The zero-order valence-corrected chi connectivity index (χ0v) is 12.3. The number of carbonyl (C=O) groups excluding carboxylic acids is 1. The predicted molar refractivity (Wildman–Crippen MR) is 78.3 cm³/mol. The second-order valence-corrected chi connectivity index (χ2v) is 5.41. The number of rotatable bonds is 7. The van der Waals surface area contributed by atoms with E-state index in [0.717, 1.165) is 12.8 Å². The van der Waals surface area contributed by atoms with Crippen LogP contribution < -0.4 is 10.1 Å². The normalized spacial score (nSPS) is 15.5. The van der Waals surface area contributed by atoms with Gasteiger partial charge in [-0.3, -0.25) is 0 Å². The number of hydrogen-bond acceptors (Lipinski definition) is 3. The predicted octanol–water partition coefficient (Wildman–Crippen LogP) is 2.57. The molecule has 1 fully saturated rings. The van der Waals surface area contributed by atoms with E-state index in [4.69, 9.17) is 4.74 Å². The van der Waals surface area contributed by atoms with Crippen molar-refractivity contribution in [3.63, 3.8) is 0 Å². The van der Waals surface area contributed by atoms with Crippen molar-refractivity contribution in [2.45, 2.75) is 25.4 Å². The van der Waals surface area contributed by atoms with Gasteiger partial charge in [-0.2, -0.15) is 0 Å². The second-order valence-electron chi connectivity index (χ2n) is 5.41. The number of hydrogen-bond donors (Lipinski definition) is 2. The summed E-state index contributed by atoms with van der Waals surface area (Å²) in [4.78, 5) is 13.4. The number of urea groups is 1. The van der Waals surface area contributed by atoms with Crippen LogP contribution in [0.4, 0.5) is 19.3 Å². The number of nitrogens with one attached hydrogen (secondary N) is 1. The van der Waals surface area contributed by atoms with Crippen LogP contribution in [0.25, 0.3) is 0 Å². The SMILES string of the molecule is CN(CC(O)C1CC1)C(=O)Nc1ccccc1OCC(F)F. The number of benzene rings is 1. The van der Waals surface area contributed by atoms with Gasteiger partial charge >= 0.3 is 6.03 Å². The first-order valence-corrected chi connectivity index (χ1v) is 7.17. The first-order valence-electron chi connectivity index (χ1n) is 7.17. The fraction of sp³-hybridized carbons (Fsp3) is 0.533. The molecule has 1 unspecified atom stereocenters. The molecule has 1 saturated carbocycles. The van der Waals surface area contributed by atoms with Gasteiger partial charge in [0.15, 0.2) is 0 Å². The second kappa shape index (κ2) is 7.40. The Balaban J connectivity index is 1.92. The zero-order valence-electron chi connectivity index (χ0n) is 12.3. The first kappa shape index (κ1) is 16.5. The molecule has 1 aliphatic carbocycles. The molecule has 1 aromatic carbocycles. The first-order chi connectivity index (χ1) is 10.5. The number of likely N-dealkylation sites (N-methyl/N-ethyl adjacent to an activating group) is 1. The van der Waals surface area contributed by atoms with Crippen LogP contribution in [0.5, 0.6) is 5.75 Å². The molecule has 0 heterocycles. The van der Waals surface area contributed by atoms with Crippen LogP contribution in [0, 0.1) is 5.92 Å². The summed E-state index contributed by atoms with van der Waals surface area (Å²) in [6.45, 7) is -0.500. The van der Waals surface area contributed by atoms with Gasteiger partial charge in [-0.15, -0.1) is 0 Å². The fourth-order valence-electron chi connectivity index (χ4n) is 2.05. The summed E-state index contributed by atoms with van der Waals surface area (Å²) in [6, 6.07) is 5.97. The number of alkyl halides is 2. The lowest BCUT2D eigenvalue weighted by Crippen LogP contribution is -2.38. The van der Waals surface area contributed by atoms with E-state index in [-0.39, 0.29) is 18.2 Å². The van der Waals surface area contributed by atoms with Crippen LogP contribution in [0.3, 0.4) is 0 Å². The fourth-order valence-corrected chi connectivity index (χ4v) is 2.05. The topological polar surface area (TPSA) is 61.8 Å². The average molecular weight is 314 g/mol. The van der Waals surface area contributed by atoms with Crippen LogP contribution in [-0.4, -0.2) is 48.8 Å². The van der Waals surface area contributed by atoms with E-state index in [2.05, 4.69) is 5.32 Å². The van der Waals surface area contributed by atoms with Crippen LogP contribution in [0.15, 0.2) is 24.3 Å². The summed E-state index contributed by atoms with van der Waals surface area (Å²) in [5.41, 5.74) is 0.320. The lowest BCUT2D eigenvalue weighted by Gasteiger charge is -2.22. The van der Waals surface area contributed by atoms with Crippen LogP contribution in [0.1, 0.15) is 12.8 Å². The molecule has 2 N–H and O–H groups in total. The molecule has 2 rings (SSSR count). The Labute approximate surface area is 127 Å². The third-order valence-electron chi connectivity index (χ3n) is 3.47. The van der Waals surface area contributed by atoms with Gasteiger partial charge in [0.2, 0.25) is 0 Å². The molecule has 0 radical (unpaired) electrons. The van der Waals surface area contributed by atoms with E-state index in [1.165, 1.54) is 11.0 Å². The van der Waals surface area contributed by atoms with E-state index in [1.807, 2.05) is 0 Å². The summed E-state index contributed by atoms with van der Waals surface area (Å²) in [7, 11) is 1.57. The van der Waals surface area contributed by atoms with Crippen molar-refractivity contribution in [3.8, 4) is 5.75 Å². The Bertz CT molecular complexity index is 509. The van der Waals surface area contributed by atoms with Gasteiger partial charge < -0.3 is 20.1 Å². The highest BCUT2D eigenvalue weighted by atomic mass is 19.3. The molecular weight excluding hydrogens is 294 g/mol. The number of carbonyl (C=O) groups is 1. The van der Waals surface area contributed by atoms with Gasteiger partial charge in [-0.1, -0.05) is 12.1 Å². The van der Waals surface area contributed by atoms with Crippen molar-refractivity contribution in [1.82, 2.24) is 4.90 Å². The number of aliphatic hydroxyl groups is 1. The van der Waals surface area contributed by atoms with Crippen LogP contribution in [-0.2, 0) is 0 Å². The van der Waals surface area contributed by atoms with Crippen molar-refractivity contribution in [2.24, 2.45) is 5.92 Å². The molecule has 0 saturated heterocycles. The van der Waals surface area contributed by atoms with E-state index >= 15 is 0 Å². The quantitative estimate of drug-likeness (QED) is 0.813. The third-order valence-corrected chi connectivity index (χ3v) is 3.47. The highest BCUT2D eigenvalue weighted by molar-refractivity contribution is 5.90. The highest BCUT2D eigenvalue weighted by Crippen LogP contribution is 2.32. The number of halogens is 2. The van der Waals surface area contributed by atoms with Gasteiger partial charge in [0.1, 0.15) is 12.4 Å². The Morgan fingerprint density at radius 3 is 2.77 bits per heavy atom. The molecule has 0 bridgehead atoms. The van der Waals surface area contributed by atoms with Gasteiger partial charge in [-0.05, 0) is 30.9 Å². The van der Waals surface area contributed by atoms with E-state index in [1.54, 1.807) is 25.2 Å². The van der Waals surface area contributed by atoms with E-state index in [0.29, 0.717) is 5.69 Å². The number of amides is 2. The van der Waals surface area contributed by atoms with Crippen molar-refractivity contribution in [1.29, 1.82) is 0 Å². The minimum atomic E-state index is -2.58. The molecule has 2 amide bonds. The van der Waals surface area contributed by atoms with Gasteiger partial charge in [0.25, 0.3) is 6.43 Å². The summed E-state index contributed by atoms with van der Waals surface area (Å²) < 4.78 is 29.4. The number of para-hydroxylation sites is 2. The molecule has 1 aliphatic rings.